The number of hydrogen-bond donors (Lipinski definition) is 2. The summed E-state index contributed by atoms with van der Waals surface area (Å²) < 4.78 is 0. The zero-order valence-corrected chi connectivity index (χ0v) is 12.2. The molecular weight excluding hydrogens is 256 g/mol. The van der Waals surface area contributed by atoms with Crippen LogP contribution in [0.25, 0.3) is 0 Å². The molecule has 110 valence electrons. The summed E-state index contributed by atoms with van der Waals surface area (Å²) in [5.74, 6) is -1.12. The number of para-hydroxylation sites is 1. The van der Waals surface area contributed by atoms with E-state index < -0.39 is 5.97 Å². The van der Waals surface area contributed by atoms with Gasteiger partial charge in [-0.25, -0.2) is 4.79 Å². The normalized spacial score (nSPS) is 12.2. The van der Waals surface area contributed by atoms with E-state index in [1.807, 2.05) is 13.8 Å². The Balaban J connectivity index is 3.02. The maximum Gasteiger partial charge on any atom is 0.337 e. The van der Waals surface area contributed by atoms with E-state index in [9.17, 15) is 14.7 Å². The van der Waals surface area contributed by atoms with Crippen LogP contribution >= 0.6 is 0 Å². The van der Waals surface area contributed by atoms with Gasteiger partial charge in [0.05, 0.1) is 17.2 Å². The van der Waals surface area contributed by atoms with E-state index in [1.54, 1.807) is 25.2 Å². The van der Waals surface area contributed by atoms with Crippen LogP contribution in [0.2, 0.25) is 0 Å². The van der Waals surface area contributed by atoms with Gasteiger partial charge in [-0.2, -0.15) is 0 Å². The van der Waals surface area contributed by atoms with Gasteiger partial charge in [0.2, 0.25) is 5.91 Å². The van der Waals surface area contributed by atoms with Crippen LogP contribution in [0.5, 0.6) is 0 Å². The Morgan fingerprint density at radius 3 is 2.40 bits per heavy atom. The number of nitrogens with zero attached hydrogens (tertiary/aromatic N) is 1. The molecule has 0 radical (unpaired) electrons. The number of carboxylic acid groups (broad SMARTS) is 1. The largest absolute Gasteiger partial charge is 0.478 e. The Kier molecular flexibility index (Phi) is 5.70. The number of rotatable bonds is 6. The van der Waals surface area contributed by atoms with E-state index in [0.717, 1.165) is 0 Å². The number of carbonyl (C=O) groups excluding carboxylic acids is 1. The van der Waals surface area contributed by atoms with Gasteiger partial charge in [-0.1, -0.05) is 26.0 Å². The van der Waals surface area contributed by atoms with E-state index in [-0.39, 0.29) is 23.9 Å². The van der Waals surface area contributed by atoms with E-state index in [2.05, 4.69) is 0 Å². The molecule has 0 aliphatic carbocycles. The van der Waals surface area contributed by atoms with Crippen LogP contribution in [0.4, 0.5) is 5.69 Å². The van der Waals surface area contributed by atoms with Crippen molar-refractivity contribution < 1.29 is 14.7 Å². The minimum Gasteiger partial charge on any atom is -0.478 e. The molecule has 0 aromatic heterocycles. The summed E-state index contributed by atoms with van der Waals surface area (Å²) in [6, 6.07) is 6.47. The number of benzene rings is 1. The molecule has 1 rings (SSSR count). The minimum absolute atomic E-state index is 0.115. The van der Waals surface area contributed by atoms with Gasteiger partial charge in [0.1, 0.15) is 0 Å². The van der Waals surface area contributed by atoms with Crippen molar-refractivity contribution in [2.45, 2.75) is 20.3 Å². The molecular formula is C15H22N2O3. The lowest BCUT2D eigenvalue weighted by atomic mass is 9.95. The Morgan fingerprint density at radius 1 is 1.30 bits per heavy atom. The van der Waals surface area contributed by atoms with E-state index in [4.69, 9.17) is 5.73 Å². The summed E-state index contributed by atoms with van der Waals surface area (Å²) in [6.45, 7) is 4.32. The summed E-state index contributed by atoms with van der Waals surface area (Å²) in [4.78, 5) is 25.0. The van der Waals surface area contributed by atoms with Gasteiger partial charge in [-0.15, -0.1) is 0 Å². The van der Waals surface area contributed by atoms with Crippen LogP contribution in [0.15, 0.2) is 24.3 Å². The van der Waals surface area contributed by atoms with Crippen molar-refractivity contribution in [3.8, 4) is 0 Å². The molecule has 1 aromatic rings. The van der Waals surface area contributed by atoms with Crippen LogP contribution < -0.4 is 10.6 Å². The molecule has 1 atom stereocenters. The van der Waals surface area contributed by atoms with Crippen molar-refractivity contribution in [2.24, 2.45) is 17.6 Å². The molecule has 3 N–H and O–H groups in total. The van der Waals surface area contributed by atoms with Crippen LogP contribution in [-0.2, 0) is 4.79 Å². The Morgan fingerprint density at radius 2 is 1.90 bits per heavy atom. The third kappa shape index (κ3) is 3.81. The van der Waals surface area contributed by atoms with Crippen molar-refractivity contribution in [3.05, 3.63) is 29.8 Å². The fourth-order valence-electron chi connectivity index (χ4n) is 2.21. The lowest BCUT2D eigenvalue weighted by Gasteiger charge is -2.25. The summed E-state index contributed by atoms with van der Waals surface area (Å²) in [5.41, 5.74) is 6.18. The molecule has 0 heterocycles. The van der Waals surface area contributed by atoms with Gasteiger partial charge < -0.3 is 15.7 Å². The SMILES string of the molecule is CC(C)CC(CN)C(=O)N(C)c1ccccc1C(=O)O. The average Bonchev–Trinajstić information content (AvgIpc) is 2.42. The Bertz CT molecular complexity index is 486. The van der Waals surface area contributed by atoms with Gasteiger partial charge in [0, 0.05) is 13.6 Å². The molecule has 1 amide bonds. The smallest absolute Gasteiger partial charge is 0.337 e. The second-order valence-corrected chi connectivity index (χ2v) is 5.28. The number of carboxylic acids is 1. The van der Waals surface area contributed by atoms with Crippen molar-refractivity contribution >= 4 is 17.6 Å². The first kappa shape index (κ1) is 16.2. The molecule has 0 fully saturated rings. The monoisotopic (exact) mass is 278 g/mol. The Labute approximate surface area is 119 Å². The van der Waals surface area contributed by atoms with Crippen LogP contribution in [0.3, 0.4) is 0 Å². The number of carbonyl (C=O) groups is 2. The molecule has 1 unspecified atom stereocenters. The molecule has 0 aliphatic rings. The molecule has 0 bridgehead atoms. The van der Waals surface area contributed by atoms with E-state index in [0.29, 0.717) is 18.0 Å². The number of anilines is 1. The molecule has 5 heteroatoms. The standard InChI is InChI=1S/C15H22N2O3/c1-10(2)8-11(9-16)14(18)17(3)13-7-5-4-6-12(13)15(19)20/h4-7,10-11H,8-9,16H2,1-3H3,(H,19,20). The van der Waals surface area contributed by atoms with Crippen molar-refractivity contribution in [3.63, 3.8) is 0 Å². The van der Waals surface area contributed by atoms with Crippen molar-refractivity contribution in [1.82, 2.24) is 0 Å². The maximum absolute atomic E-state index is 12.4. The predicted molar refractivity (Wildman–Crippen MR) is 78.8 cm³/mol. The molecule has 5 nitrogen and oxygen atoms in total. The highest BCUT2D eigenvalue weighted by molar-refractivity contribution is 6.02. The molecule has 0 saturated carbocycles. The van der Waals surface area contributed by atoms with Gasteiger partial charge in [0.15, 0.2) is 0 Å². The third-order valence-corrected chi connectivity index (χ3v) is 3.22. The molecule has 1 aromatic carbocycles. The summed E-state index contributed by atoms with van der Waals surface area (Å²) >= 11 is 0. The number of nitrogens with two attached hydrogens (primary N) is 1. The highest BCUT2D eigenvalue weighted by Gasteiger charge is 2.25. The zero-order chi connectivity index (χ0) is 15.3. The van der Waals surface area contributed by atoms with Gasteiger partial charge in [0.25, 0.3) is 0 Å². The first-order chi connectivity index (χ1) is 9.38. The zero-order valence-electron chi connectivity index (χ0n) is 12.2. The summed E-state index contributed by atoms with van der Waals surface area (Å²) in [5, 5.41) is 9.17. The molecule has 0 spiro atoms. The second kappa shape index (κ2) is 7.05. The second-order valence-electron chi connectivity index (χ2n) is 5.28. The van der Waals surface area contributed by atoms with Crippen LogP contribution in [0, 0.1) is 11.8 Å². The van der Waals surface area contributed by atoms with Crippen LogP contribution in [0.1, 0.15) is 30.6 Å². The third-order valence-electron chi connectivity index (χ3n) is 3.22. The summed E-state index contributed by atoms with van der Waals surface area (Å²) in [7, 11) is 1.59. The van der Waals surface area contributed by atoms with Crippen molar-refractivity contribution in [1.29, 1.82) is 0 Å². The molecule has 20 heavy (non-hydrogen) atoms. The quantitative estimate of drug-likeness (QED) is 0.833. The fraction of sp³-hybridized carbons (Fsp3) is 0.467. The van der Waals surface area contributed by atoms with Gasteiger partial charge in [-0.05, 0) is 24.5 Å². The van der Waals surface area contributed by atoms with Gasteiger partial charge >= 0.3 is 5.97 Å². The van der Waals surface area contributed by atoms with E-state index >= 15 is 0 Å². The first-order valence-corrected chi connectivity index (χ1v) is 6.68. The maximum atomic E-state index is 12.4. The highest BCUT2D eigenvalue weighted by atomic mass is 16.4. The van der Waals surface area contributed by atoms with Crippen LogP contribution in [-0.4, -0.2) is 30.6 Å². The van der Waals surface area contributed by atoms with Crippen molar-refractivity contribution in [2.75, 3.05) is 18.5 Å². The highest BCUT2D eigenvalue weighted by Crippen LogP contribution is 2.22. The lowest BCUT2D eigenvalue weighted by molar-refractivity contribution is -0.122. The van der Waals surface area contributed by atoms with Gasteiger partial charge in [-0.3, -0.25) is 4.79 Å². The topological polar surface area (TPSA) is 83.6 Å². The summed E-state index contributed by atoms with van der Waals surface area (Å²) in [6.07, 6.45) is 0.689. The number of aromatic carboxylic acids is 1. The molecule has 0 aliphatic heterocycles. The number of hydrogen-bond acceptors (Lipinski definition) is 3. The number of amides is 1. The van der Waals surface area contributed by atoms with E-state index in [1.165, 1.54) is 11.0 Å². The lowest BCUT2D eigenvalue weighted by Crippen LogP contribution is -2.38. The fourth-order valence-corrected chi connectivity index (χ4v) is 2.21. The minimum atomic E-state index is -1.05. The first-order valence-electron chi connectivity index (χ1n) is 6.68. The Hall–Kier alpha value is -1.88. The average molecular weight is 278 g/mol. The molecule has 0 saturated heterocycles. The predicted octanol–water partition coefficient (Wildman–Crippen LogP) is 1.97.